The summed E-state index contributed by atoms with van der Waals surface area (Å²) in [5.74, 6) is 0.337. The van der Waals surface area contributed by atoms with Crippen molar-refractivity contribution in [1.29, 1.82) is 0 Å². The van der Waals surface area contributed by atoms with Crippen molar-refractivity contribution < 1.29 is 21.6 Å². The van der Waals surface area contributed by atoms with Gasteiger partial charge in [-0.1, -0.05) is 12.1 Å². The van der Waals surface area contributed by atoms with E-state index in [0.29, 0.717) is 44.8 Å². The van der Waals surface area contributed by atoms with Gasteiger partial charge in [-0.2, -0.15) is 17.5 Å². The summed E-state index contributed by atoms with van der Waals surface area (Å²) in [5.41, 5.74) is 6.72. The molecular formula is C23H26F3N5O2S. The molecule has 3 aromatic rings. The Bertz CT molecular complexity index is 1200. The number of halogens is 3. The van der Waals surface area contributed by atoms with Crippen LogP contribution in [0, 0.1) is 0 Å². The van der Waals surface area contributed by atoms with Gasteiger partial charge in [-0.3, -0.25) is 0 Å². The molecule has 1 aromatic carbocycles. The van der Waals surface area contributed by atoms with Gasteiger partial charge >= 0.3 is 6.18 Å². The second-order valence-corrected chi connectivity index (χ2v) is 10.1. The Morgan fingerprint density at radius 3 is 2.35 bits per heavy atom. The van der Waals surface area contributed by atoms with Gasteiger partial charge in [-0.25, -0.2) is 13.4 Å². The average Bonchev–Trinajstić information content (AvgIpc) is 3.28. The number of nitrogens with one attached hydrogen (secondary N) is 1. The Hall–Kier alpha value is -2.89. The quantitative estimate of drug-likeness (QED) is 0.522. The highest BCUT2D eigenvalue weighted by atomic mass is 32.2. The third kappa shape index (κ3) is 5.26. The van der Waals surface area contributed by atoms with E-state index in [4.69, 9.17) is 5.73 Å². The smallest absolute Gasteiger partial charge is 0.367 e. The molecule has 1 aliphatic rings. The number of benzene rings is 1. The van der Waals surface area contributed by atoms with E-state index in [1.165, 1.54) is 10.4 Å². The Balaban J connectivity index is 1.37. The van der Waals surface area contributed by atoms with E-state index >= 15 is 0 Å². The number of rotatable bonds is 7. The molecule has 1 aliphatic heterocycles. The van der Waals surface area contributed by atoms with Crippen LogP contribution >= 0.6 is 0 Å². The predicted octanol–water partition coefficient (Wildman–Crippen LogP) is 3.79. The maximum Gasteiger partial charge on any atom is 0.417 e. The summed E-state index contributed by atoms with van der Waals surface area (Å²) in [6, 6.07) is 12.9. The number of sulfonamides is 1. The largest absolute Gasteiger partial charge is 0.417 e. The van der Waals surface area contributed by atoms with Crippen LogP contribution in [0.5, 0.6) is 0 Å². The zero-order chi connectivity index (χ0) is 24.3. The fourth-order valence-electron chi connectivity index (χ4n) is 4.05. The van der Waals surface area contributed by atoms with Gasteiger partial charge in [0.15, 0.2) is 0 Å². The highest BCUT2D eigenvalue weighted by molar-refractivity contribution is 7.89. The molecule has 0 atom stereocenters. The molecule has 0 aliphatic carbocycles. The molecule has 0 unspecified atom stereocenters. The van der Waals surface area contributed by atoms with Gasteiger partial charge in [0.25, 0.3) is 0 Å². The van der Waals surface area contributed by atoms with Crippen LogP contribution in [0.2, 0.25) is 0 Å². The third-order valence-electron chi connectivity index (χ3n) is 5.88. The zero-order valence-electron chi connectivity index (χ0n) is 18.4. The minimum Gasteiger partial charge on any atom is -0.367 e. The molecule has 11 heteroatoms. The van der Waals surface area contributed by atoms with Gasteiger partial charge in [0.1, 0.15) is 5.82 Å². The molecule has 0 spiro atoms. The summed E-state index contributed by atoms with van der Waals surface area (Å²) in [6.07, 6.45) is -0.665. The van der Waals surface area contributed by atoms with Crippen LogP contribution in [0.1, 0.15) is 18.4 Å². The predicted molar refractivity (Wildman–Crippen MR) is 124 cm³/mol. The van der Waals surface area contributed by atoms with Crippen LogP contribution in [0.4, 0.5) is 19.0 Å². The van der Waals surface area contributed by atoms with Crippen LogP contribution in [-0.2, 0) is 22.7 Å². The van der Waals surface area contributed by atoms with Crippen LogP contribution in [0.3, 0.4) is 0 Å². The number of aromatic nitrogens is 2. The number of hydrogen-bond donors (Lipinski definition) is 2. The fourth-order valence-corrected chi connectivity index (χ4v) is 5.52. The summed E-state index contributed by atoms with van der Waals surface area (Å²) in [7, 11) is -3.65. The SMILES string of the molecule is NCCn1cccc1-c1ccc(S(=O)(=O)N2CCC(Nc3ccc(C(F)(F)F)cn3)CC2)cc1. The number of piperidine rings is 1. The molecule has 1 saturated heterocycles. The topological polar surface area (TPSA) is 93.2 Å². The Morgan fingerprint density at radius 1 is 1.06 bits per heavy atom. The van der Waals surface area contributed by atoms with Crippen molar-refractivity contribution in [1.82, 2.24) is 13.9 Å². The second-order valence-electron chi connectivity index (χ2n) is 8.15. The minimum atomic E-state index is -4.43. The monoisotopic (exact) mass is 493 g/mol. The van der Waals surface area contributed by atoms with Gasteiger partial charge in [0.2, 0.25) is 10.0 Å². The minimum absolute atomic E-state index is 0.0756. The van der Waals surface area contributed by atoms with E-state index in [-0.39, 0.29) is 10.9 Å². The first-order chi connectivity index (χ1) is 16.2. The van der Waals surface area contributed by atoms with E-state index in [9.17, 15) is 21.6 Å². The molecular weight excluding hydrogens is 467 g/mol. The third-order valence-corrected chi connectivity index (χ3v) is 7.80. The molecule has 0 saturated carbocycles. The molecule has 2 aromatic heterocycles. The summed E-state index contributed by atoms with van der Waals surface area (Å²) in [6.45, 7) is 1.80. The van der Waals surface area contributed by atoms with Crippen molar-refractivity contribution in [2.75, 3.05) is 25.0 Å². The first-order valence-electron chi connectivity index (χ1n) is 10.9. The van der Waals surface area contributed by atoms with E-state index in [0.717, 1.165) is 23.5 Å². The first-order valence-corrected chi connectivity index (χ1v) is 12.4. The van der Waals surface area contributed by atoms with E-state index < -0.39 is 21.8 Å². The summed E-state index contributed by atoms with van der Waals surface area (Å²) >= 11 is 0. The van der Waals surface area contributed by atoms with Crippen LogP contribution in [0.15, 0.2) is 65.8 Å². The second kappa shape index (κ2) is 9.77. The van der Waals surface area contributed by atoms with Crippen molar-refractivity contribution in [2.45, 2.75) is 36.5 Å². The molecule has 34 heavy (non-hydrogen) atoms. The van der Waals surface area contributed by atoms with E-state index in [1.54, 1.807) is 24.3 Å². The molecule has 7 nitrogen and oxygen atoms in total. The molecule has 182 valence electrons. The van der Waals surface area contributed by atoms with Crippen molar-refractivity contribution in [3.05, 3.63) is 66.5 Å². The van der Waals surface area contributed by atoms with E-state index in [1.807, 2.05) is 22.9 Å². The lowest BCUT2D eigenvalue weighted by Gasteiger charge is -2.32. The molecule has 0 amide bonds. The fraction of sp³-hybridized carbons (Fsp3) is 0.348. The summed E-state index contributed by atoms with van der Waals surface area (Å²) in [4.78, 5) is 4.06. The lowest BCUT2D eigenvalue weighted by Crippen LogP contribution is -2.42. The summed E-state index contributed by atoms with van der Waals surface area (Å²) < 4.78 is 67.8. The number of nitrogens with zero attached hydrogens (tertiary/aromatic N) is 3. The molecule has 3 heterocycles. The van der Waals surface area contributed by atoms with Crippen molar-refractivity contribution in [3.63, 3.8) is 0 Å². The number of alkyl halides is 3. The maximum atomic E-state index is 13.1. The molecule has 0 radical (unpaired) electrons. The standard InChI is InChI=1S/C23H26F3N5O2S/c24-23(25,26)18-5-8-22(28-16-18)29-19-9-13-31(14-10-19)34(32,33)20-6-3-17(4-7-20)21-2-1-12-30(21)15-11-27/h1-8,12,16,19H,9-11,13-15,27H2,(H,28,29). The number of anilines is 1. The van der Waals surface area contributed by atoms with Gasteiger partial charge in [0.05, 0.1) is 10.5 Å². The highest BCUT2D eigenvalue weighted by Gasteiger charge is 2.32. The van der Waals surface area contributed by atoms with Gasteiger partial charge < -0.3 is 15.6 Å². The molecule has 3 N–H and O–H groups in total. The number of hydrogen-bond acceptors (Lipinski definition) is 5. The maximum absolute atomic E-state index is 13.1. The van der Waals surface area contributed by atoms with Gasteiger partial charge in [0, 0.05) is 50.3 Å². The average molecular weight is 494 g/mol. The lowest BCUT2D eigenvalue weighted by atomic mass is 10.1. The van der Waals surface area contributed by atoms with Crippen molar-refractivity contribution >= 4 is 15.8 Å². The van der Waals surface area contributed by atoms with Crippen molar-refractivity contribution in [2.24, 2.45) is 5.73 Å². The normalized spacial score (nSPS) is 16.0. The summed E-state index contributed by atoms with van der Waals surface area (Å²) in [5, 5.41) is 3.10. The molecule has 1 fully saturated rings. The number of pyridine rings is 1. The molecule has 0 bridgehead atoms. The Morgan fingerprint density at radius 2 is 1.76 bits per heavy atom. The van der Waals surface area contributed by atoms with Crippen LogP contribution < -0.4 is 11.1 Å². The van der Waals surface area contributed by atoms with E-state index in [2.05, 4.69) is 10.3 Å². The molecule has 4 rings (SSSR count). The van der Waals surface area contributed by atoms with Crippen LogP contribution in [-0.4, -0.2) is 48.0 Å². The van der Waals surface area contributed by atoms with Crippen LogP contribution in [0.25, 0.3) is 11.3 Å². The first kappa shape index (κ1) is 24.2. The van der Waals surface area contributed by atoms with Gasteiger partial charge in [-0.15, -0.1) is 0 Å². The number of nitrogens with two attached hydrogens (primary N) is 1. The highest BCUT2D eigenvalue weighted by Crippen LogP contribution is 2.30. The zero-order valence-corrected chi connectivity index (χ0v) is 19.2. The Labute approximate surface area is 196 Å². The van der Waals surface area contributed by atoms with Gasteiger partial charge in [-0.05, 0) is 54.8 Å². The van der Waals surface area contributed by atoms with Crippen molar-refractivity contribution in [3.8, 4) is 11.3 Å². The lowest BCUT2D eigenvalue weighted by molar-refractivity contribution is -0.137. The Kier molecular flexibility index (Phi) is 6.96.